The minimum Gasteiger partial charge on any atom is -0.249 e. The lowest BCUT2D eigenvalue weighted by Gasteiger charge is -2.00. The minimum absolute atomic E-state index is 0.895. The fourth-order valence-electron chi connectivity index (χ4n) is 3.03. The van der Waals surface area contributed by atoms with Gasteiger partial charge in [0.1, 0.15) is 0 Å². The number of aliphatic imine (C=N–C) groups is 4. The van der Waals surface area contributed by atoms with E-state index in [0.29, 0.717) is 0 Å². The van der Waals surface area contributed by atoms with Gasteiger partial charge < -0.3 is 0 Å². The second-order valence-corrected chi connectivity index (χ2v) is 6.16. The second-order valence-electron chi connectivity index (χ2n) is 6.16. The Hall–Kier alpha value is -3.40. The summed E-state index contributed by atoms with van der Waals surface area (Å²) in [5.41, 5.74) is 8.33. The van der Waals surface area contributed by atoms with Crippen LogP contribution in [0.5, 0.6) is 0 Å². The summed E-state index contributed by atoms with van der Waals surface area (Å²) in [5, 5.41) is 0. The number of fused-ring (bicyclic) bond motifs is 4. The van der Waals surface area contributed by atoms with E-state index in [1.54, 1.807) is 0 Å². The van der Waals surface area contributed by atoms with Crippen LogP contribution in [0.3, 0.4) is 0 Å². The van der Waals surface area contributed by atoms with E-state index in [9.17, 15) is 0 Å². The van der Waals surface area contributed by atoms with Gasteiger partial charge in [-0.15, -0.1) is 0 Å². The van der Waals surface area contributed by atoms with Crippen molar-refractivity contribution in [2.75, 3.05) is 0 Å². The van der Waals surface area contributed by atoms with Crippen molar-refractivity contribution >= 4 is 22.8 Å². The third-order valence-electron chi connectivity index (χ3n) is 4.34. The number of hydrogen-bond acceptors (Lipinski definition) is 4. The van der Waals surface area contributed by atoms with E-state index in [0.717, 1.165) is 51.2 Å². The quantitative estimate of drug-likeness (QED) is 0.648. The lowest BCUT2D eigenvalue weighted by molar-refractivity contribution is 1.35. The normalized spacial score (nSPS) is 22.7. The van der Waals surface area contributed by atoms with Gasteiger partial charge in [0.25, 0.3) is 0 Å². The highest BCUT2D eigenvalue weighted by Crippen LogP contribution is 2.23. The van der Waals surface area contributed by atoms with Crippen LogP contribution in [0.4, 0.5) is 0 Å². The summed E-state index contributed by atoms with van der Waals surface area (Å²) in [6, 6.07) is 0. The summed E-state index contributed by atoms with van der Waals surface area (Å²) in [6.07, 6.45) is 22.0. The molecule has 0 spiro atoms. The smallest absolute Gasteiger partial charge is 0.0688 e. The van der Waals surface area contributed by atoms with Crippen LogP contribution in [0.1, 0.15) is 6.92 Å². The maximum atomic E-state index is 4.69. The highest BCUT2D eigenvalue weighted by molar-refractivity contribution is 6.16. The average Bonchev–Trinajstić information content (AvgIpc) is 3.36. The largest absolute Gasteiger partial charge is 0.249 e. The molecule has 0 fully saturated rings. The number of allylic oxidation sites excluding steroid dienone is 12. The lowest BCUT2D eigenvalue weighted by Crippen LogP contribution is -1.95. The van der Waals surface area contributed by atoms with E-state index in [4.69, 9.17) is 9.98 Å². The van der Waals surface area contributed by atoms with Crippen molar-refractivity contribution in [1.29, 1.82) is 0 Å². The Balaban J connectivity index is 1.68. The molecule has 0 aromatic rings. The first-order valence-electron chi connectivity index (χ1n) is 8.16. The van der Waals surface area contributed by atoms with Crippen LogP contribution in [0.25, 0.3) is 0 Å². The van der Waals surface area contributed by atoms with E-state index in [1.165, 1.54) is 0 Å². The SMILES string of the molecule is CC1=C2C=CC(=N2)C=C2C=CC(=N2)C=C2C=CC(=N2)C=C2C=CC1=N2. The molecular formula is C21H14N4. The van der Waals surface area contributed by atoms with Gasteiger partial charge >= 0.3 is 0 Å². The first-order valence-corrected chi connectivity index (χ1v) is 8.16. The Labute approximate surface area is 145 Å². The predicted octanol–water partition coefficient (Wildman–Crippen LogP) is 3.97. The zero-order valence-electron chi connectivity index (χ0n) is 13.6. The molecule has 118 valence electrons. The Kier molecular flexibility index (Phi) is 2.97. The van der Waals surface area contributed by atoms with E-state index in [2.05, 4.69) is 9.98 Å². The molecule has 0 unspecified atom stereocenters. The monoisotopic (exact) mass is 322 g/mol. The summed E-state index contributed by atoms with van der Waals surface area (Å²) < 4.78 is 0. The molecular weight excluding hydrogens is 308 g/mol. The number of hydrogen-bond donors (Lipinski definition) is 0. The number of rotatable bonds is 0. The molecule has 0 aliphatic carbocycles. The molecule has 8 bridgehead atoms. The van der Waals surface area contributed by atoms with Crippen LogP contribution < -0.4 is 0 Å². The molecule has 4 heteroatoms. The molecule has 4 nitrogen and oxygen atoms in total. The Bertz CT molecular complexity index is 1070. The van der Waals surface area contributed by atoms with Crippen LogP contribution in [0.2, 0.25) is 0 Å². The van der Waals surface area contributed by atoms with Crippen LogP contribution in [-0.4, -0.2) is 22.8 Å². The van der Waals surface area contributed by atoms with Crippen LogP contribution in [0.15, 0.2) is 115 Å². The maximum Gasteiger partial charge on any atom is 0.0688 e. The van der Waals surface area contributed by atoms with Crippen LogP contribution >= 0.6 is 0 Å². The molecule has 0 saturated heterocycles. The van der Waals surface area contributed by atoms with E-state index < -0.39 is 0 Å². The first-order chi connectivity index (χ1) is 12.2. The summed E-state index contributed by atoms with van der Waals surface area (Å²) in [5.74, 6) is 0. The molecule has 0 amide bonds. The molecule has 0 aromatic carbocycles. The highest BCUT2D eigenvalue weighted by Gasteiger charge is 2.14. The standard InChI is InChI=1S/C21H14N4/c1-13-20-8-6-18(24-20)11-16-4-2-14(22-16)10-15-3-5-17(23-15)12-19-7-9-21(13)25-19/h2-12H,1H3. The summed E-state index contributed by atoms with van der Waals surface area (Å²) in [7, 11) is 0. The van der Waals surface area contributed by atoms with Gasteiger partial charge in [-0.25, -0.2) is 20.0 Å². The zero-order chi connectivity index (χ0) is 16.8. The Morgan fingerprint density at radius 3 is 1.72 bits per heavy atom. The van der Waals surface area contributed by atoms with E-state index in [-0.39, 0.29) is 0 Å². The second kappa shape index (κ2) is 5.31. The molecule has 0 saturated carbocycles. The van der Waals surface area contributed by atoms with Gasteiger partial charge in [-0.3, -0.25) is 0 Å². The zero-order valence-corrected chi connectivity index (χ0v) is 13.6. The van der Waals surface area contributed by atoms with Crippen molar-refractivity contribution in [2.45, 2.75) is 6.92 Å². The fourth-order valence-corrected chi connectivity index (χ4v) is 3.03. The predicted molar refractivity (Wildman–Crippen MR) is 103 cm³/mol. The van der Waals surface area contributed by atoms with Crippen molar-refractivity contribution in [3.63, 3.8) is 0 Å². The van der Waals surface area contributed by atoms with E-state index in [1.807, 2.05) is 73.8 Å². The summed E-state index contributed by atoms with van der Waals surface area (Å²) in [4.78, 5) is 18.6. The first kappa shape index (κ1) is 14.0. The third-order valence-corrected chi connectivity index (χ3v) is 4.34. The summed E-state index contributed by atoms with van der Waals surface area (Å²) in [6.45, 7) is 2.05. The molecule has 0 N–H and O–H groups in total. The molecule has 5 heterocycles. The van der Waals surface area contributed by atoms with Gasteiger partial charge in [-0.2, -0.15) is 0 Å². The van der Waals surface area contributed by atoms with Gasteiger partial charge in [0.15, 0.2) is 0 Å². The fraction of sp³-hybridized carbons (Fsp3) is 0.0476. The minimum atomic E-state index is 0.895. The molecule has 5 rings (SSSR count). The topological polar surface area (TPSA) is 49.4 Å². The Morgan fingerprint density at radius 2 is 1.04 bits per heavy atom. The van der Waals surface area contributed by atoms with Crippen molar-refractivity contribution in [3.8, 4) is 0 Å². The Morgan fingerprint density at radius 1 is 0.520 bits per heavy atom. The maximum absolute atomic E-state index is 4.69. The van der Waals surface area contributed by atoms with Gasteiger partial charge in [0.2, 0.25) is 0 Å². The molecule has 5 aliphatic heterocycles. The summed E-state index contributed by atoms with van der Waals surface area (Å²) >= 11 is 0. The van der Waals surface area contributed by atoms with Crippen molar-refractivity contribution in [1.82, 2.24) is 0 Å². The lowest BCUT2D eigenvalue weighted by atomic mass is 10.1. The van der Waals surface area contributed by atoms with Crippen molar-refractivity contribution < 1.29 is 0 Å². The van der Waals surface area contributed by atoms with Gasteiger partial charge in [-0.1, -0.05) is 0 Å². The number of nitrogens with zero attached hydrogens (tertiary/aromatic N) is 4. The van der Waals surface area contributed by atoms with E-state index >= 15 is 0 Å². The van der Waals surface area contributed by atoms with Crippen molar-refractivity contribution in [2.24, 2.45) is 20.0 Å². The molecule has 0 aromatic heterocycles. The van der Waals surface area contributed by atoms with Crippen LogP contribution in [0, 0.1) is 0 Å². The molecule has 0 atom stereocenters. The molecule has 25 heavy (non-hydrogen) atoms. The third kappa shape index (κ3) is 2.58. The van der Waals surface area contributed by atoms with Gasteiger partial charge in [-0.05, 0) is 73.8 Å². The van der Waals surface area contributed by atoms with Gasteiger partial charge in [0.05, 0.1) is 45.6 Å². The van der Waals surface area contributed by atoms with Gasteiger partial charge in [0, 0.05) is 5.57 Å². The molecule has 5 aliphatic rings. The average molecular weight is 322 g/mol. The van der Waals surface area contributed by atoms with Crippen LogP contribution in [-0.2, 0) is 0 Å². The highest BCUT2D eigenvalue weighted by atomic mass is 14.8. The van der Waals surface area contributed by atoms with Crippen molar-refractivity contribution in [3.05, 3.63) is 95.2 Å². The molecule has 0 radical (unpaired) electrons.